The molecule has 1 aliphatic heterocycles. The van der Waals surface area contributed by atoms with E-state index in [1.54, 1.807) is 0 Å². The zero-order valence-electron chi connectivity index (χ0n) is 20.2. The smallest absolute Gasteiger partial charge is 0.180 e. The molecule has 5 aromatic carbocycles. The van der Waals surface area contributed by atoms with Crippen molar-refractivity contribution in [2.45, 2.75) is 0 Å². The van der Waals surface area contributed by atoms with Gasteiger partial charge in [-0.2, -0.15) is 0 Å². The predicted molar refractivity (Wildman–Crippen MR) is 155 cm³/mol. The lowest BCUT2D eigenvalue weighted by Gasteiger charge is -2.27. The van der Waals surface area contributed by atoms with E-state index in [0.717, 1.165) is 50.7 Å². The number of amidine groups is 1. The standard InChI is InChI=1S/C32H21ClN5/c33-24-16-18-25(19-17-24)37-29-21-30-28(20-27(29)35-32(37)23-12-6-2-7-13-23)34-31(22-10-4-1-5-11-22)36-38(30)26-14-8-3-9-15-26/h1-21H. The number of fused-ring (bicyclic) bond motifs is 2. The van der Waals surface area contributed by atoms with Crippen LogP contribution in [0.1, 0.15) is 5.56 Å². The van der Waals surface area contributed by atoms with Crippen LogP contribution >= 0.6 is 11.6 Å². The molecule has 1 aliphatic rings. The highest BCUT2D eigenvalue weighted by Crippen LogP contribution is 2.41. The van der Waals surface area contributed by atoms with Crippen LogP contribution in [-0.2, 0) is 0 Å². The summed E-state index contributed by atoms with van der Waals surface area (Å²) in [5.41, 5.74) is 7.42. The molecule has 0 fully saturated rings. The van der Waals surface area contributed by atoms with Gasteiger partial charge >= 0.3 is 0 Å². The Morgan fingerprint density at radius 3 is 1.92 bits per heavy atom. The second kappa shape index (κ2) is 9.21. The molecule has 5 nitrogen and oxygen atoms in total. The van der Waals surface area contributed by atoms with Crippen LogP contribution in [0.4, 0.5) is 17.1 Å². The van der Waals surface area contributed by atoms with Crippen LogP contribution in [-0.4, -0.2) is 15.4 Å². The number of nitrogens with zero attached hydrogens (tertiary/aromatic N) is 5. The molecule has 1 aromatic heterocycles. The Morgan fingerprint density at radius 1 is 0.605 bits per heavy atom. The number of aromatic nitrogens is 2. The quantitative estimate of drug-likeness (QED) is 0.240. The fourth-order valence-corrected chi connectivity index (χ4v) is 4.88. The molecular formula is C32H21ClN5. The molecule has 181 valence electrons. The molecule has 0 aliphatic carbocycles. The molecular weight excluding hydrogens is 490 g/mol. The predicted octanol–water partition coefficient (Wildman–Crippen LogP) is 8.10. The number of benzene rings is 5. The van der Waals surface area contributed by atoms with Gasteiger partial charge in [-0.1, -0.05) is 90.5 Å². The zero-order chi connectivity index (χ0) is 25.5. The number of hydrogen-bond donors (Lipinski definition) is 0. The molecule has 0 unspecified atom stereocenters. The minimum absolute atomic E-state index is 0.654. The van der Waals surface area contributed by atoms with Crippen LogP contribution in [0.3, 0.4) is 0 Å². The maximum atomic E-state index is 6.24. The summed E-state index contributed by atoms with van der Waals surface area (Å²) >= 11 is 6.24. The fraction of sp³-hybridized carbons (Fsp3) is 0. The third-order valence-corrected chi connectivity index (χ3v) is 6.80. The first-order valence-electron chi connectivity index (χ1n) is 12.3. The Balaban J connectivity index is 1.48. The molecule has 0 saturated carbocycles. The van der Waals surface area contributed by atoms with E-state index >= 15 is 0 Å². The summed E-state index contributed by atoms with van der Waals surface area (Å²) in [6.45, 7) is 0. The summed E-state index contributed by atoms with van der Waals surface area (Å²) in [5, 5.41) is 12.6. The average molecular weight is 511 g/mol. The van der Waals surface area contributed by atoms with E-state index in [4.69, 9.17) is 27.0 Å². The normalized spacial score (nSPS) is 12.7. The molecule has 0 N–H and O–H groups in total. The lowest BCUT2D eigenvalue weighted by atomic mass is 10.1. The Kier molecular flexibility index (Phi) is 5.42. The maximum Gasteiger partial charge on any atom is 0.180 e. The number of hydrogen-bond acceptors (Lipinski definition) is 3. The van der Waals surface area contributed by atoms with Crippen LogP contribution in [0.25, 0.3) is 28.1 Å². The zero-order valence-corrected chi connectivity index (χ0v) is 21.0. The van der Waals surface area contributed by atoms with Crippen LogP contribution in [0.15, 0.2) is 132 Å². The van der Waals surface area contributed by atoms with Crippen molar-refractivity contribution in [2.75, 3.05) is 5.01 Å². The van der Waals surface area contributed by atoms with Crippen molar-refractivity contribution < 1.29 is 0 Å². The number of imidazole rings is 1. The van der Waals surface area contributed by atoms with Gasteiger partial charge in [-0.05, 0) is 48.5 Å². The highest BCUT2D eigenvalue weighted by Gasteiger charge is 2.26. The van der Waals surface area contributed by atoms with E-state index in [9.17, 15) is 0 Å². The maximum absolute atomic E-state index is 6.24. The number of anilines is 2. The number of para-hydroxylation sites is 1. The SMILES string of the molecule is Clc1ccc(-n2c(-c3ccccc3)nc3cc4c(cc32)N(c2ccccc2)N=C(c2ccccc2)[N]4)cc1. The van der Waals surface area contributed by atoms with E-state index in [1.165, 1.54) is 0 Å². The Hall–Kier alpha value is -4.87. The first-order chi connectivity index (χ1) is 18.7. The number of halogens is 1. The summed E-state index contributed by atoms with van der Waals surface area (Å²) < 4.78 is 2.17. The molecule has 0 bridgehead atoms. The van der Waals surface area contributed by atoms with Crippen molar-refractivity contribution in [3.8, 4) is 17.1 Å². The van der Waals surface area contributed by atoms with Gasteiger partial charge < -0.3 is 0 Å². The lowest BCUT2D eigenvalue weighted by molar-refractivity contribution is 1.01. The topological polar surface area (TPSA) is 47.5 Å². The highest BCUT2D eigenvalue weighted by molar-refractivity contribution is 6.30. The van der Waals surface area contributed by atoms with Crippen molar-refractivity contribution >= 4 is 45.5 Å². The van der Waals surface area contributed by atoms with E-state index in [2.05, 4.69) is 41.0 Å². The summed E-state index contributed by atoms with van der Waals surface area (Å²) in [4.78, 5) is 5.10. The third kappa shape index (κ3) is 3.90. The third-order valence-electron chi connectivity index (χ3n) is 6.55. The largest absolute Gasteiger partial charge is 0.292 e. The number of hydrazone groups is 1. The van der Waals surface area contributed by atoms with Crippen LogP contribution in [0.5, 0.6) is 0 Å². The summed E-state index contributed by atoms with van der Waals surface area (Å²) in [6.07, 6.45) is 0. The van der Waals surface area contributed by atoms with Gasteiger partial charge in [-0.25, -0.2) is 15.3 Å². The molecule has 6 aromatic rings. The first-order valence-corrected chi connectivity index (χ1v) is 12.7. The van der Waals surface area contributed by atoms with Crippen molar-refractivity contribution in [1.82, 2.24) is 14.9 Å². The first kappa shape index (κ1) is 22.3. The lowest BCUT2D eigenvalue weighted by Crippen LogP contribution is -2.25. The molecule has 0 atom stereocenters. The van der Waals surface area contributed by atoms with Gasteiger partial charge in [0.25, 0.3) is 0 Å². The fourth-order valence-electron chi connectivity index (χ4n) is 4.75. The number of rotatable bonds is 4. The van der Waals surface area contributed by atoms with E-state index < -0.39 is 0 Å². The van der Waals surface area contributed by atoms with Gasteiger partial charge in [-0.15, -0.1) is 5.10 Å². The van der Waals surface area contributed by atoms with Crippen LogP contribution in [0, 0.1) is 0 Å². The second-order valence-electron chi connectivity index (χ2n) is 8.99. The van der Waals surface area contributed by atoms with Gasteiger partial charge in [0.2, 0.25) is 0 Å². The van der Waals surface area contributed by atoms with E-state index in [0.29, 0.717) is 10.9 Å². The molecule has 0 spiro atoms. The van der Waals surface area contributed by atoms with Gasteiger partial charge in [-0.3, -0.25) is 4.57 Å². The summed E-state index contributed by atoms with van der Waals surface area (Å²) in [6, 6.07) is 42.4. The second-order valence-corrected chi connectivity index (χ2v) is 9.43. The highest BCUT2D eigenvalue weighted by atomic mass is 35.5. The molecule has 0 saturated heterocycles. The molecule has 38 heavy (non-hydrogen) atoms. The van der Waals surface area contributed by atoms with Crippen molar-refractivity contribution in [2.24, 2.45) is 5.10 Å². The van der Waals surface area contributed by atoms with E-state index in [1.807, 2.05) is 96.0 Å². The molecule has 1 radical (unpaired) electrons. The Bertz CT molecular complexity index is 1780. The molecule has 2 heterocycles. The molecule has 7 rings (SSSR count). The van der Waals surface area contributed by atoms with E-state index in [-0.39, 0.29) is 0 Å². The summed E-state index contributed by atoms with van der Waals surface area (Å²) in [5.74, 6) is 1.50. The van der Waals surface area contributed by atoms with Crippen LogP contribution in [0.2, 0.25) is 5.02 Å². The summed E-state index contributed by atoms with van der Waals surface area (Å²) in [7, 11) is 0. The minimum atomic E-state index is 0.654. The van der Waals surface area contributed by atoms with Crippen molar-refractivity contribution in [3.63, 3.8) is 0 Å². The molecule has 6 heteroatoms. The van der Waals surface area contributed by atoms with Gasteiger partial charge in [0.05, 0.1) is 28.1 Å². The van der Waals surface area contributed by atoms with Gasteiger partial charge in [0.15, 0.2) is 5.84 Å². The Labute approximate surface area is 225 Å². The molecule has 0 amide bonds. The average Bonchev–Trinajstić information content (AvgIpc) is 3.35. The van der Waals surface area contributed by atoms with Crippen LogP contribution < -0.4 is 10.3 Å². The monoisotopic (exact) mass is 510 g/mol. The van der Waals surface area contributed by atoms with Gasteiger partial charge in [0, 0.05) is 21.8 Å². The minimum Gasteiger partial charge on any atom is -0.292 e. The van der Waals surface area contributed by atoms with Gasteiger partial charge in [0.1, 0.15) is 5.82 Å². The van der Waals surface area contributed by atoms with Crippen molar-refractivity contribution in [3.05, 3.63) is 138 Å². The van der Waals surface area contributed by atoms with Crippen molar-refractivity contribution in [1.29, 1.82) is 0 Å². The Morgan fingerprint density at radius 2 is 1.24 bits per heavy atom.